The van der Waals surface area contributed by atoms with E-state index in [0.717, 1.165) is 30.8 Å². The van der Waals surface area contributed by atoms with E-state index in [1.807, 2.05) is 24.3 Å². The predicted octanol–water partition coefficient (Wildman–Crippen LogP) is 2.47. The van der Waals surface area contributed by atoms with E-state index in [9.17, 15) is 4.79 Å². The van der Waals surface area contributed by atoms with Gasteiger partial charge in [-0.15, -0.1) is 0 Å². The SMILES string of the molecule is O=C(NC1CN2CC[C@H]1C2)n1cc(-c2ccccc2Cl)cn1. The Bertz CT molecular complexity index is 714. The molecule has 22 heavy (non-hydrogen) atoms. The maximum atomic E-state index is 12.3. The smallest absolute Gasteiger partial charge is 0.332 e. The molecule has 5 nitrogen and oxygen atoms in total. The molecule has 1 amide bonds. The molecule has 0 radical (unpaired) electrons. The molecule has 2 bridgehead atoms. The molecule has 0 aliphatic carbocycles. The molecule has 4 rings (SSSR count). The van der Waals surface area contributed by atoms with Crippen molar-refractivity contribution in [2.45, 2.75) is 12.5 Å². The molecule has 1 N–H and O–H groups in total. The number of piperidine rings is 1. The molecule has 3 heterocycles. The second-order valence-electron chi connectivity index (χ2n) is 6.02. The molecule has 2 fully saturated rings. The van der Waals surface area contributed by atoms with Gasteiger partial charge in [-0.05, 0) is 24.9 Å². The quantitative estimate of drug-likeness (QED) is 0.926. The molecule has 3 atom stereocenters. The van der Waals surface area contributed by atoms with Crippen LogP contribution in [-0.2, 0) is 0 Å². The molecule has 2 aromatic rings. The highest BCUT2D eigenvalue weighted by atomic mass is 35.5. The molecule has 0 spiro atoms. The minimum absolute atomic E-state index is 0.169. The van der Waals surface area contributed by atoms with Crippen molar-refractivity contribution < 1.29 is 4.79 Å². The first-order valence-electron chi connectivity index (χ1n) is 7.53. The van der Waals surface area contributed by atoms with Crippen LogP contribution in [0.15, 0.2) is 36.7 Å². The first-order valence-corrected chi connectivity index (χ1v) is 7.91. The monoisotopic (exact) mass is 316 g/mol. The maximum Gasteiger partial charge on any atom is 0.342 e. The first-order chi connectivity index (χ1) is 10.7. The fraction of sp³-hybridized carbons (Fsp3) is 0.375. The molecule has 1 aromatic heterocycles. The number of aromatic nitrogens is 2. The summed E-state index contributed by atoms with van der Waals surface area (Å²) >= 11 is 6.18. The van der Waals surface area contributed by atoms with Crippen molar-refractivity contribution in [3.8, 4) is 11.1 Å². The Balaban J connectivity index is 1.49. The molecular weight excluding hydrogens is 300 g/mol. The van der Waals surface area contributed by atoms with Gasteiger partial charge in [-0.2, -0.15) is 9.78 Å². The number of fused-ring (bicyclic) bond motifs is 2. The van der Waals surface area contributed by atoms with Crippen LogP contribution in [0.2, 0.25) is 5.02 Å². The molecule has 114 valence electrons. The molecular formula is C16H17ClN4O. The lowest BCUT2D eigenvalue weighted by Crippen LogP contribution is -2.45. The highest BCUT2D eigenvalue weighted by molar-refractivity contribution is 6.33. The number of halogens is 1. The van der Waals surface area contributed by atoms with Crippen LogP contribution in [0.1, 0.15) is 6.42 Å². The van der Waals surface area contributed by atoms with Gasteiger partial charge in [0.05, 0.1) is 6.20 Å². The summed E-state index contributed by atoms with van der Waals surface area (Å²) in [6.45, 7) is 3.22. The summed E-state index contributed by atoms with van der Waals surface area (Å²) in [5.41, 5.74) is 1.73. The number of nitrogens with zero attached hydrogens (tertiary/aromatic N) is 3. The maximum absolute atomic E-state index is 12.3. The number of benzene rings is 1. The zero-order chi connectivity index (χ0) is 15.1. The summed E-state index contributed by atoms with van der Waals surface area (Å²) in [5, 5.41) is 7.92. The van der Waals surface area contributed by atoms with Gasteiger partial charge in [0.15, 0.2) is 0 Å². The van der Waals surface area contributed by atoms with Crippen molar-refractivity contribution in [1.82, 2.24) is 20.0 Å². The van der Waals surface area contributed by atoms with Gasteiger partial charge in [-0.25, -0.2) is 4.79 Å². The first kappa shape index (κ1) is 13.8. The Morgan fingerprint density at radius 1 is 1.32 bits per heavy atom. The zero-order valence-electron chi connectivity index (χ0n) is 12.1. The molecule has 6 heteroatoms. The van der Waals surface area contributed by atoms with Gasteiger partial charge in [-0.1, -0.05) is 29.8 Å². The molecule has 2 saturated heterocycles. The number of amides is 1. The van der Waals surface area contributed by atoms with Crippen LogP contribution in [0.25, 0.3) is 11.1 Å². The van der Waals surface area contributed by atoms with E-state index in [1.165, 1.54) is 11.1 Å². The summed E-state index contributed by atoms with van der Waals surface area (Å²) in [5.74, 6) is 0.586. The standard InChI is InChI=1S/C16H17ClN4O/c17-14-4-2-1-3-13(14)12-7-18-21(9-12)16(22)19-15-10-20-6-5-11(15)8-20/h1-4,7,9,11,15H,5-6,8,10H2,(H,19,22)/t11-,15?/m0/s1. The van der Waals surface area contributed by atoms with Crippen LogP contribution in [0.3, 0.4) is 0 Å². The average molecular weight is 317 g/mol. The van der Waals surface area contributed by atoms with Gasteiger partial charge >= 0.3 is 6.03 Å². The summed E-state index contributed by atoms with van der Waals surface area (Å²) < 4.78 is 1.36. The van der Waals surface area contributed by atoms with Crippen molar-refractivity contribution in [3.63, 3.8) is 0 Å². The second kappa shape index (κ2) is 5.41. The van der Waals surface area contributed by atoms with E-state index in [4.69, 9.17) is 11.6 Å². The van der Waals surface area contributed by atoms with E-state index in [-0.39, 0.29) is 12.1 Å². The number of hydrogen-bond acceptors (Lipinski definition) is 3. The van der Waals surface area contributed by atoms with Crippen LogP contribution in [0, 0.1) is 5.92 Å². The Hall–Kier alpha value is -1.85. The van der Waals surface area contributed by atoms with Gasteiger partial charge in [0.1, 0.15) is 0 Å². The number of carbonyl (C=O) groups is 1. The van der Waals surface area contributed by atoms with Crippen LogP contribution >= 0.6 is 11.6 Å². The Morgan fingerprint density at radius 2 is 2.18 bits per heavy atom. The van der Waals surface area contributed by atoms with E-state index in [1.54, 1.807) is 12.4 Å². The molecule has 2 aliphatic rings. The van der Waals surface area contributed by atoms with Crippen molar-refractivity contribution in [2.75, 3.05) is 19.6 Å². The number of nitrogens with one attached hydrogen (secondary N) is 1. The van der Waals surface area contributed by atoms with Crippen molar-refractivity contribution in [1.29, 1.82) is 0 Å². The van der Waals surface area contributed by atoms with Gasteiger partial charge in [0, 0.05) is 41.5 Å². The van der Waals surface area contributed by atoms with E-state index in [0.29, 0.717) is 10.9 Å². The molecule has 2 aliphatic heterocycles. The summed E-state index contributed by atoms with van der Waals surface area (Å²) in [6, 6.07) is 7.63. The minimum atomic E-state index is -0.169. The molecule has 2 unspecified atom stereocenters. The molecule has 1 aromatic carbocycles. The third-order valence-corrected chi connectivity index (χ3v) is 4.95. The Labute approximate surface area is 133 Å². The Morgan fingerprint density at radius 3 is 2.91 bits per heavy atom. The van der Waals surface area contributed by atoms with Gasteiger partial charge in [-0.3, -0.25) is 0 Å². The molecule has 0 saturated carbocycles. The van der Waals surface area contributed by atoms with Crippen LogP contribution in [0.4, 0.5) is 4.79 Å². The highest BCUT2D eigenvalue weighted by Gasteiger charge is 2.38. The summed E-state index contributed by atoms with van der Waals surface area (Å²) in [7, 11) is 0. The summed E-state index contributed by atoms with van der Waals surface area (Å²) in [6.07, 6.45) is 4.57. The Kier molecular flexibility index (Phi) is 3.39. The van der Waals surface area contributed by atoms with E-state index >= 15 is 0 Å². The van der Waals surface area contributed by atoms with Gasteiger partial charge in [0.25, 0.3) is 0 Å². The van der Waals surface area contributed by atoms with E-state index in [2.05, 4.69) is 15.3 Å². The highest BCUT2D eigenvalue weighted by Crippen LogP contribution is 2.28. The fourth-order valence-corrected chi connectivity index (χ4v) is 3.69. The zero-order valence-corrected chi connectivity index (χ0v) is 12.8. The lowest BCUT2D eigenvalue weighted by molar-refractivity contribution is 0.228. The van der Waals surface area contributed by atoms with Crippen molar-refractivity contribution in [3.05, 3.63) is 41.7 Å². The van der Waals surface area contributed by atoms with Crippen molar-refractivity contribution in [2.24, 2.45) is 5.92 Å². The number of hydrogen-bond donors (Lipinski definition) is 1. The van der Waals surface area contributed by atoms with Gasteiger partial charge < -0.3 is 10.2 Å². The minimum Gasteiger partial charge on any atom is -0.332 e. The van der Waals surface area contributed by atoms with Crippen LogP contribution < -0.4 is 5.32 Å². The summed E-state index contributed by atoms with van der Waals surface area (Å²) in [4.78, 5) is 14.7. The predicted molar refractivity (Wildman–Crippen MR) is 84.9 cm³/mol. The fourth-order valence-electron chi connectivity index (χ4n) is 3.44. The van der Waals surface area contributed by atoms with Gasteiger partial charge in [0.2, 0.25) is 0 Å². The third-order valence-electron chi connectivity index (χ3n) is 4.62. The number of rotatable bonds is 2. The van der Waals surface area contributed by atoms with E-state index < -0.39 is 0 Å². The topological polar surface area (TPSA) is 50.2 Å². The van der Waals surface area contributed by atoms with Crippen LogP contribution in [0.5, 0.6) is 0 Å². The normalized spacial score (nSPS) is 26.3. The number of carbonyl (C=O) groups excluding carboxylic acids is 1. The largest absolute Gasteiger partial charge is 0.342 e. The third kappa shape index (κ3) is 2.40. The second-order valence-corrected chi connectivity index (χ2v) is 6.42. The van der Waals surface area contributed by atoms with Crippen LogP contribution in [-0.4, -0.2) is 46.4 Å². The van der Waals surface area contributed by atoms with Crippen molar-refractivity contribution >= 4 is 17.6 Å². The lowest BCUT2D eigenvalue weighted by atomic mass is 10.0. The average Bonchev–Trinajstić information content (AvgIpc) is 3.24. The lowest BCUT2D eigenvalue weighted by Gasteiger charge is -2.22.